The Morgan fingerprint density at radius 3 is 1.15 bits per heavy atom. The van der Waals surface area contributed by atoms with Crippen LogP contribution in [0.25, 0.3) is 0 Å². The van der Waals surface area contributed by atoms with Gasteiger partial charge in [0.2, 0.25) is 0 Å². The van der Waals surface area contributed by atoms with Gasteiger partial charge in [-0.05, 0) is 26.2 Å². The number of likely N-dealkylation sites (N-methyl/N-ethyl adjacent to an activating group) is 1. The molecule has 0 radical (unpaired) electrons. The van der Waals surface area contributed by atoms with E-state index in [0.717, 1.165) is 6.54 Å². The van der Waals surface area contributed by atoms with E-state index in [4.69, 9.17) is 42.6 Å². The second-order valence-electron chi connectivity index (χ2n) is 8.30. The van der Waals surface area contributed by atoms with Crippen LogP contribution in [0.3, 0.4) is 0 Å². The van der Waals surface area contributed by atoms with E-state index in [9.17, 15) is 10.1 Å². The molecule has 13 nitrogen and oxygen atoms in total. The molecule has 1 rings (SSSR count). The van der Waals surface area contributed by atoms with Crippen LogP contribution in [0.4, 0.5) is 5.69 Å². The van der Waals surface area contributed by atoms with Gasteiger partial charge >= 0.3 is 0 Å². The van der Waals surface area contributed by atoms with Crippen molar-refractivity contribution < 1.29 is 47.6 Å². The average molecular weight is 563 g/mol. The first-order chi connectivity index (χ1) is 19.1. The molecule has 1 aromatic rings. The van der Waals surface area contributed by atoms with Gasteiger partial charge in [0, 0.05) is 18.7 Å². The van der Waals surface area contributed by atoms with Gasteiger partial charge in [-0.25, -0.2) is 0 Å². The van der Waals surface area contributed by atoms with Crippen LogP contribution in [0.1, 0.15) is 0 Å². The number of hydrogen-bond acceptors (Lipinski definition) is 12. The molecule has 13 heteroatoms. The summed E-state index contributed by atoms with van der Waals surface area (Å²) in [6, 6.07) is 5.92. The second-order valence-corrected chi connectivity index (χ2v) is 8.30. The number of hydrogen-bond donors (Lipinski definition) is 0. The molecule has 0 fully saturated rings. The summed E-state index contributed by atoms with van der Waals surface area (Å²) in [6.07, 6.45) is 0. The third-order valence-corrected chi connectivity index (χ3v) is 4.83. The van der Waals surface area contributed by atoms with Crippen molar-refractivity contribution in [2.75, 3.05) is 133 Å². The van der Waals surface area contributed by atoms with Gasteiger partial charge in [-0.2, -0.15) is 0 Å². The molecule has 0 unspecified atom stereocenters. The van der Waals surface area contributed by atoms with Crippen molar-refractivity contribution in [1.29, 1.82) is 0 Å². The van der Waals surface area contributed by atoms with Crippen LogP contribution >= 0.6 is 0 Å². The van der Waals surface area contributed by atoms with Crippen LogP contribution in [-0.4, -0.2) is 143 Å². The van der Waals surface area contributed by atoms with Crippen molar-refractivity contribution in [3.63, 3.8) is 0 Å². The van der Waals surface area contributed by atoms with Crippen molar-refractivity contribution in [2.24, 2.45) is 0 Å². The second kappa shape index (κ2) is 26.3. The fraction of sp³-hybridized carbons (Fsp3) is 0.769. The molecule has 0 heterocycles. The summed E-state index contributed by atoms with van der Waals surface area (Å²) in [5.74, 6) is 0.560. The van der Waals surface area contributed by atoms with Gasteiger partial charge in [0.15, 0.2) is 0 Å². The number of ether oxygens (including phenoxy) is 9. The Morgan fingerprint density at radius 2 is 0.846 bits per heavy atom. The fourth-order valence-corrected chi connectivity index (χ4v) is 2.77. The average Bonchev–Trinajstić information content (AvgIpc) is 2.92. The standard InChI is InChI=1S/C26H46N2O11/c1-27(2)7-8-31-9-10-32-11-12-33-13-14-34-15-16-35-17-18-36-19-20-37-21-22-38-23-24-39-26-5-3-25(4-6-26)28(29)30/h3-6H,7-24H2,1-2H3. The van der Waals surface area contributed by atoms with Crippen LogP contribution in [0.2, 0.25) is 0 Å². The highest BCUT2D eigenvalue weighted by molar-refractivity contribution is 5.35. The highest BCUT2D eigenvalue weighted by Crippen LogP contribution is 2.17. The van der Waals surface area contributed by atoms with Gasteiger partial charge in [-0.1, -0.05) is 0 Å². The van der Waals surface area contributed by atoms with E-state index in [2.05, 4.69) is 4.90 Å². The molecule has 226 valence electrons. The molecule has 0 amide bonds. The Labute approximate surface area is 231 Å². The summed E-state index contributed by atoms with van der Waals surface area (Å²) in [5.41, 5.74) is 0.0290. The van der Waals surface area contributed by atoms with Crippen molar-refractivity contribution in [2.45, 2.75) is 0 Å². The van der Waals surface area contributed by atoms with E-state index in [1.807, 2.05) is 14.1 Å². The minimum absolute atomic E-state index is 0.0290. The third kappa shape index (κ3) is 23.6. The molecule has 1 aromatic carbocycles. The number of non-ortho nitro benzene ring substituents is 1. The molecular formula is C26H46N2O11. The smallest absolute Gasteiger partial charge is 0.269 e. The lowest BCUT2D eigenvalue weighted by Gasteiger charge is -2.10. The van der Waals surface area contributed by atoms with Crippen LogP contribution in [0.15, 0.2) is 24.3 Å². The van der Waals surface area contributed by atoms with E-state index >= 15 is 0 Å². The van der Waals surface area contributed by atoms with Crippen LogP contribution in [-0.2, 0) is 37.9 Å². The molecule has 0 aliphatic carbocycles. The van der Waals surface area contributed by atoms with Crippen molar-refractivity contribution in [1.82, 2.24) is 4.90 Å². The van der Waals surface area contributed by atoms with Gasteiger partial charge in [-0.3, -0.25) is 10.1 Å². The van der Waals surface area contributed by atoms with Gasteiger partial charge in [-0.15, -0.1) is 0 Å². The lowest BCUT2D eigenvalue weighted by Crippen LogP contribution is -2.19. The van der Waals surface area contributed by atoms with Crippen LogP contribution in [0, 0.1) is 10.1 Å². The van der Waals surface area contributed by atoms with E-state index in [0.29, 0.717) is 118 Å². The lowest BCUT2D eigenvalue weighted by atomic mass is 10.3. The molecule has 39 heavy (non-hydrogen) atoms. The number of benzene rings is 1. The number of nitro benzene ring substituents is 1. The van der Waals surface area contributed by atoms with E-state index in [1.165, 1.54) is 12.1 Å². The maximum atomic E-state index is 10.6. The van der Waals surface area contributed by atoms with E-state index in [-0.39, 0.29) is 5.69 Å². The summed E-state index contributed by atoms with van der Waals surface area (Å²) in [4.78, 5) is 12.2. The normalized spacial score (nSPS) is 11.4. The summed E-state index contributed by atoms with van der Waals surface area (Å²) in [6.45, 7) is 9.49. The Morgan fingerprint density at radius 1 is 0.538 bits per heavy atom. The Kier molecular flexibility index (Phi) is 23.7. The van der Waals surface area contributed by atoms with Gasteiger partial charge in [0.25, 0.3) is 5.69 Å². The minimum atomic E-state index is -0.450. The molecule has 0 spiro atoms. The van der Waals surface area contributed by atoms with Crippen molar-refractivity contribution in [3.05, 3.63) is 34.4 Å². The molecule has 0 aromatic heterocycles. The molecular weight excluding hydrogens is 516 g/mol. The molecule has 0 N–H and O–H groups in total. The highest BCUT2D eigenvalue weighted by atomic mass is 16.6. The maximum absolute atomic E-state index is 10.6. The molecule has 0 saturated heterocycles. The molecule has 0 bridgehead atoms. The Bertz CT molecular complexity index is 680. The Balaban J connectivity index is 1.68. The highest BCUT2D eigenvalue weighted by Gasteiger charge is 2.04. The molecule has 0 aliphatic rings. The fourth-order valence-electron chi connectivity index (χ4n) is 2.77. The molecule has 0 atom stereocenters. The molecule has 0 aliphatic heterocycles. The van der Waals surface area contributed by atoms with Gasteiger partial charge < -0.3 is 47.5 Å². The summed E-state index contributed by atoms with van der Waals surface area (Å²) < 4.78 is 49.0. The zero-order valence-electron chi connectivity index (χ0n) is 23.4. The Hall–Kier alpha value is -1.94. The van der Waals surface area contributed by atoms with Crippen LogP contribution in [0.5, 0.6) is 5.75 Å². The summed E-state index contributed by atoms with van der Waals surface area (Å²) >= 11 is 0. The quantitative estimate of drug-likeness (QED) is 0.0800. The zero-order chi connectivity index (χ0) is 28.2. The lowest BCUT2D eigenvalue weighted by molar-refractivity contribution is -0.384. The first-order valence-electron chi connectivity index (χ1n) is 13.2. The predicted molar refractivity (Wildman–Crippen MR) is 144 cm³/mol. The number of rotatable bonds is 29. The first-order valence-corrected chi connectivity index (χ1v) is 13.2. The predicted octanol–water partition coefficient (Wildman–Crippen LogP) is 1.67. The minimum Gasteiger partial charge on any atom is -0.491 e. The first kappa shape index (κ1) is 35.1. The van der Waals surface area contributed by atoms with E-state index in [1.54, 1.807) is 12.1 Å². The monoisotopic (exact) mass is 562 g/mol. The summed E-state index contributed by atoms with van der Waals surface area (Å²) in [5, 5.41) is 10.6. The molecule has 0 saturated carbocycles. The topological polar surface area (TPSA) is 129 Å². The number of nitro groups is 1. The van der Waals surface area contributed by atoms with Crippen molar-refractivity contribution in [3.8, 4) is 5.75 Å². The van der Waals surface area contributed by atoms with Gasteiger partial charge in [0.05, 0.1) is 111 Å². The van der Waals surface area contributed by atoms with Crippen LogP contribution < -0.4 is 4.74 Å². The van der Waals surface area contributed by atoms with E-state index < -0.39 is 4.92 Å². The largest absolute Gasteiger partial charge is 0.491 e. The zero-order valence-corrected chi connectivity index (χ0v) is 23.4. The summed E-state index contributed by atoms with van der Waals surface area (Å²) in [7, 11) is 4.03. The van der Waals surface area contributed by atoms with Gasteiger partial charge in [0.1, 0.15) is 12.4 Å². The number of nitrogens with zero attached hydrogens (tertiary/aromatic N) is 2. The maximum Gasteiger partial charge on any atom is 0.269 e. The SMILES string of the molecule is CN(C)CCOCCOCCOCCOCCOCCOCCOCCOCCOc1ccc([N+](=O)[O-])cc1. The van der Waals surface area contributed by atoms with Crippen molar-refractivity contribution >= 4 is 5.69 Å². The third-order valence-electron chi connectivity index (χ3n) is 4.83.